The lowest BCUT2D eigenvalue weighted by atomic mass is 10.2. The lowest BCUT2D eigenvalue weighted by Gasteiger charge is -2.14. The normalized spacial score (nSPS) is 17.2. The second kappa shape index (κ2) is 3.58. The van der Waals surface area contributed by atoms with Crippen LogP contribution in [0, 0.1) is 5.82 Å². The predicted octanol–water partition coefficient (Wildman–Crippen LogP) is 0.442. The standard InChI is InChI=1S/C10H12FN3O/c11-8-3-7(4-13-5-8)9(15)14-10(6-12)1-2-10/h3-5H,1-2,6,12H2,(H,14,15). The number of aromatic nitrogens is 1. The van der Waals surface area contributed by atoms with Crippen molar-refractivity contribution in [2.45, 2.75) is 18.4 Å². The summed E-state index contributed by atoms with van der Waals surface area (Å²) in [5.74, 6) is -0.829. The van der Waals surface area contributed by atoms with E-state index in [0.29, 0.717) is 6.54 Å². The first-order chi connectivity index (χ1) is 7.15. The number of carbonyl (C=O) groups is 1. The summed E-state index contributed by atoms with van der Waals surface area (Å²) in [6, 6.07) is 1.16. The van der Waals surface area contributed by atoms with Crippen molar-refractivity contribution in [1.29, 1.82) is 0 Å². The maximum atomic E-state index is 12.8. The van der Waals surface area contributed by atoms with Gasteiger partial charge >= 0.3 is 0 Å². The van der Waals surface area contributed by atoms with E-state index in [4.69, 9.17) is 5.73 Å². The van der Waals surface area contributed by atoms with Gasteiger partial charge in [-0.3, -0.25) is 9.78 Å². The van der Waals surface area contributed by atoms with Gasteiger partial charge in [0.25, 0.3) is 5.91 Å². The summed E-state index contributed by atoms with van der Waals surface area (Å²) < 4.78 is 12.8. The SMILES string of the molecule is NCC1(NC(=O)c2cncc(F)c2)CC1. The number of carbonyl (C=O) groups excluding carboxylic acids is 1. The first-order valence-corrected chi connectivity index (χ1v) is 4.78. The van der Waals surface area contributed by atoms with Crippen molar-refractivity contribution in [3.63, 3.8) is 0 Å². The number of amides is 1. The number of hydrogen-bond donors (Lipinski definition) is 2. The van der Waals surface area contributed by atoms with Gasteiger partial charge in [0.1, 0.15) is 5.82 Å². The Morgan fingerprint density at radius 2 is 2.33 bits per heavy atom. The number of nitrogens with one attached hydrogen (secondary N) is 1. The quantitative estimate of drug-likeness (QED) is 0.759. The summed E-state index contributed by atoms with van der Waals surface area (Å²) >= 11 is 0. The molecule has 0 unspecified atom stereocenters. The molecule has 5 heteroatoms. The molecule has 1 heterocycles. The number of halogens is 1. The van der Waals surface area contributed by atoms with Crippen molar-refractivity contribution >= 4 is 5.91 Å². The van der Waals surface area contributed by atoms with E-state index in [2.05, 4.69) is 10.3 Å². The van der Waals surface area contributed by atoms with Crippen molar-refractivity contribution in [2.75, 3.05) is 6.54 Å². The van der Waals surface area contributed by atoms with E-state index in [1.165, 1.54) is 6.20 Å². The maximum absolute atomic E-state index is 12.8. The lowest BCUT2D eigenvalue weighted by molar-refractivity contribution is 0.0932. The topological polar surface area (TPSA) is 68.0 Å². The number of hydrogen-bond acceptors (Lipinski definition) is 3. The molecule has 15 heavy (non-hydrogen) atoms. The molecule has 1 saturated carbocycles. The lowest BCUT2D eigenvalue weighted by Crippen LogP contribution is -2.42. The van der Waals surface area contributed by atoms with Gasteiger partial charge in [0, 0.05) is 12.7 Å². The minimum Gasteiger partial charge on any atom is -0.345 e. The second-order valence-corrected chi connectivity index (χ2v) is 3.83. The molecular formula is C10H12FN3O. The zero-order chi connectivity index (χ0) is 10.9. The highest BCUT2D eigenvalue weighted by Gasteiger charge is 2.42. The molecule has 1 aromatic heterocycles. The third kappa shape index (κ3) is 2.12. The first-order valence-electron chi connectivity index (χ1n) is 4.78. The highest BCUT2D eigenvalue weighted by atomic mass is 19.1. The summed E-state index contributed by atoms with van der Waals surface area (Å²) in [6.07, 6.45) is 4.17. The first kappa shape index (κ1) is 10.0. The molecule has 1 amide bonds. The van der Waals surface area contributed by atoms with Crippen LogP contribution in [0.3, 0.4) is 0 Å². The summed E-state index contributed by atoms with van der Waals surface area (Å²) in [5, 5.41) is 2.79. The second-order valence-electron chi connectivity index (χ2n) is 3.83. The molecule has 2 rings (SSSR count). The monoisotopic (exact) mass is 209 g/mol. The Morgan fingerprint density at radius 3 is 2.87 bits per heavy atom. The van der Waals surface area contributed by atoms with Gasteiger partial charge in [-0.1, -0.05) is 0 Å². The molecule has 1 aromatic rings. The molecule has 1 aliphatic carbocycles. The van der Waals surface area contributed by atoms with Crippen molar-refractivity contribution < 1.29 is 9.18 Å². The van der Waals surface area contributed by atoms with Crippen LogP contribution < -0.4 is 11.1 Å². The van der Waals surface area contributed by atoms with Crippen molar-refractivity contribution in [1.82, 2.24) is 10.3 Å². The van der Waals surface area contributed by atoms with Gasteiger partial charge in [-0.15, -0.1) is 0 Å². The fraction of sp³-hybridized carbons (Fsp3) is 0.400. The van der Waals surface area contributed by atoms with Gasteiger partial charge in [-0.05, 0) is 18.9 Å². The van der Waals surface area contributed by atoms with Crippen molar-refractivity contribution in [3.8, 4) is 0 Å². The van der Waals surface area contributed by atoms with Crippen molar-refractivity contribution in [3.05, 3.63) is 29.8 Å². The molecule has 0 atom stereocenters. The largest absolute Gasteiger partial charge is 0.345 e. The fourth-order valence-electron chi connectivity index (χ4n) is 1.38. The third-order valence-electron chi connectivity index (χ3n) is 2.59. The Kier molecular flexibility index (Phi) is 2.40. The van der Waals surface area contributed by atoms with Gasteiger partial charge in [0.2, 0.25) is 0 Å². The molecule has 0 radical (unpaired) electrons. The van der Waals surface area contributed by atoms with Crippen LogP contribution >= 0.6 is 0 Å². The summed E-state index contributed by atoms with van der Waals surface area (Å²) in [6.45, 7) is 0.418. The molecule has 4 nitrogen and oxygen atoms in total. The average Bonchev–Trinajstić information content (AvgIpc) is 2.98. The van der Waals surface area contributed by atoms with Crippen LogP contribution in [0.2, 0.25) is 0 Å². The smallest absolute Gasteiger partial charge is 0.253 e. The number of rotatable bonds is 3. The minimum absolute atomic E-state index is 0.231. The molecular weight excluding hydrogens is 197 g/mol. The molecule has 0 aliphatic heterocycles. The summed E-state index contributed by atoms with van der Waals surface area (Å²) in [4.78, 5) is 15.3. The number of nitrogens with two attached hydrogens (primary N) is 1. The van der Waals surface area contributed by atoms with Gasteiger partial charge < -0.3 is 11.1 Å². The van der Waals surface area contributed by atoms with E-state index >= 15 is 0 Å². The van der Waals surface area contributed by atoms with Crippen LogP contribution in [0.25, 0.3) is 0 Å². The molecule has 0 bridgehead atoms. The Balaban J connectivity index is 2.08. The fourth-order valence-corrected chi connectivity index (χ4v) is 1.38. The van der Waals surface area contributed by atoms with Crippen LogP contribution in [0.1, 0.15) is 23.2 Å². The molecule has 80 valence electrons. The van der Waals surface area contributed by atoms with Crippen molar-refractivity contribution in [2.24, 2.45) is 5.73 Å². The highest BCUT2D eigenvalue weighted by molar-refractivity contribution is 5.94. The minimum atomic E-state index is -0.514. The van der Waals surface area contributed by atoms with E-state index in [-0.39, 0.29) is 17.0 Å². The Bertz CT molecular complexity index is 390. The number of pyridine rings is 1. The molecule has 0 spiro atoms. The third-order valence-corrected chi connectivity index (χ3v) is 2.59. The number of nitrogens with zero attached hydrogens (tertiary/aromatic N) is 1. The van der Waals surface area contributed by atoms with Gasteiger partial charge in [-0.25, -0.2) is 4.39 Å². The highest BCUT2D eigenvalue weighted by Crippen LogP contribution is 2.34. The van der Waals surface area contributed by atoms with Crippen LogP contribution in [0.4, 0.5) is 4.39 Å². The van der Waals surface area contributed by atoms with E-state index in [1.807, 2.05) is 0 Å². The van der Waals surface area contributed by atoms with Gasteiger partial charge in [0.15, 0.2) is 0 Å². The maximum Gasteiger partial charge on any atom is 0.253 e. The Hall–Kier alpha value is -1.49. The molecule has 0 saturated heterocycles. The average molecular weight is 209 g/mol. The predicted molar refractivity (Wildman–Crippen MR) is 52.7 cm³/mol. The van der Waals surface area contributed by atoms with E-state index in [0.717, 1.165) is 25.1 Å². The van der Waals surface area contributed by atoms with E-state index < -0.39 is 5.82 Å². The van der Waals surface area contributed by atoms with Crippen LogP contribution in [0.15, 0.2) is 18.5 Å². The zero-order valence-corrected chi connectivity index (χ0v) is 8.16. The summed E-state index contributed by atoms with van der Waals surface area (Å²) in [7, 11) is 0. The molecule has 1 fully saturated rings. The van der Waals surface area contributed by atoms with Gasteiger partial charge in [0.05, 0.1) is 17.3 Å². The molecule has 3 N–H and O–H groups in total. The van der Waals surface area contributed by atoms with Crippen LogP contribution in [0.5, 0.6) is 0 Å². The Morgan fingerprint density at radius 1 is 1.60 bits per heavy atom. The summed E-state index contributed by atoms with van der Waals surface area (Å²) in [5.41, 5.74) is 5.49. The van der Waals surface area contributed by atoms with Crippen LogP contribution in [-0.4, -0.2) is 23.0 Å². The molecule has 0 aromatic carbocycles. The van der Waals surface area contributed by atoms with Crippen LogP contribution in [-0.2, 0) is 0 Å². The van der Waals surface area contributed by atoms with E-state index in [9.17, 15) is 9.18 Å². The van der Waals surface area contributed by atoms with Gasteiger partial charge in [-0.2, -0.15) is 0 Å². The Labute approximate surface area is 86.7 Å². The zero-order valence-electron chi connectivity index (χ0n) is 8.16. The van der Waals surface area contributed by atoms with E-state index in [1.54, 1.807) is 0 Å². The molecule has 1 aliphatic rings.